The highest BCUT2D eigenvalue weighted by molar-refractivity contribution is 5.94. The lowest BCUT2D eigenvalue weighted by Crippen LogP contribution is -2.49. The van der Waals surface area contributed by atoms with Gasteiger partial charge in [-0.15, -0.1) is 10.2 Å². The topological polar surface area (TPSA) is 52.6 Å². The van der Waals surface area contributed by atoms with Crippen LogP contribution in [0.2, 0.25) is 0 Å². The molecule has 0 aliphatic carbocycles. The molecule has 3 aromatic rings. The lowest BCUT2D eigenvalue weighted by Gasteiger charge is -2.37. The summed E-state index contributed by atoms with van der Waals surface area (Å²) in [6.07, 6.45) is 0. The first-order chi connectivity index (χ1) is 14.1. The number of anilines is 2. The number of hydrogen-bond acceptors (Lipinski definition) is 5. The average molecular weight is 387 g/mol. The van der Waals surface area contributed by atoms with E-state index in [0.717, 1.165) is 41.4 Å². The minimum Gasteiger partial charge on any atom is -0.366 e. The molecule has 1 aromatic heterocycles. The first kappa shape index (κ1) is 18.9. The van der Waals surface area contributed by atoms with Crippen molar-refractivity contribution < 1.29 is 4.79 Å². The summed E-state index contributed by atoms with van der Waals surface area (Å²) in [5, 5.41) is 8.91. The molecule has 2 aromatic carbocycles. The standard InChI is InChI=1S/C23H25N5O/c1-26(2)21-17-20(22(25-24-21)18-9-5-3-6-10-18)27-13-15-28(16-14-27)23(29)19-11-7-4-8-12-19/h3-12,17H,13-16H2,1-2H3. The largest absolute Gasteiger partial charge is 0.366 e. The molecule has 0 N–H and O–H groups in total. The summed E-state index contributed by atoms with van der Waals surface area (Å²) >= 11 is 0. The Kier molecular flexibility index (Phi) is 5.42. The van der Waals surface area contributed by atoms with Gasteiger partial charge in [-0.25, -0.2) is 0 Å². The molecule has 0 bridgehead atoms. The lowest BCUT2D eigenvalue weighted by molar-refractivity contribution is 0.0747. The van der Waals surface area contributed by atoms with Crippen molar-refractivity contribution in [3.8, 4) is 11.3 Å². The van der Waals surface area contributed by atoms with Crippen LogP contribution in [0.4, 0.5) is 11.5 Å². The molecule has 1 aliphatic rings. The van der Waals surface area contributed by atoms with Gasteiger partial charge >= 0.3 is 0 Å². The Hall–Kier alpha value is -3.41. The van der Waals surface area contributed by atoms with Gasteiger partial charge in [-0.05, 0) is 12.1 Å². The van der Waals surface area contributed by atoms with Crippen LogP contribution in [0.25, 0.3) is 11.3 Å². The molecule has 6 nitrogen and oxygen atoms in total. The van der Waals surface area contributed by atoms with Crippen molar-refractivity contribution in [1.29, 1.82) is 0 Å². The van der Waals surface area contributed by atoms with E-state index in [2.05, 4.69) is 33.3 Å². The number of carbonyl (C=O) groups excluding carboxylic acids is 1. The first-order valence-corrected chi connectivity index (χ1v) is 9.83. The van der Waals surface area contributed by atoms with Gasteiger partial charge in [0.15, 0.2) is 5.82 Å². The second-order valence-corrected chi connectivity index (χ2v) is 7.34. The molecule has 1 amide bonds. The van der Waals surface area contributed by atoms with Crippen LogP contribution in [0, 0.1) is 0 Å². The molecule has 1 aliphatic heterocycles. The van der Waals surface area contributed by atoms with E-state index in [4.69, 9.17) is 0 Å². The molecule has 0 unspecified atom stereocenters. The van der Waals surface area contributed by atoms with Gasteiger partial charge in [0.25, 0.3) is 5.91 Å². The number of aromatic nitrogens is 2. The molecule has 1 saturated heterocycles. The number of nitrogens with zero attached hydrogens (tertiary/aromatic N) is 5. The van der Waals surface area contributed by atoms with Gasteiger partial charge in [0.1, 0.15) is 5.69 Å². The highest BCUT2D eigenvalue weighted by Crippen LogP contribution is 2.31. The SMILES string of the molecule is CN(C)c1cc(N2CCN(C(=O)c3ccccc3)CC2)c(-c2ccccc2)nn1. The number of hydrogen-bond donors (Lipinski definition) is 0. The Labute approximate surface area is 171 Å². The van der Waals surface area contributed by atoms with E-state index in [9.17, 15) is 4.79 Å². The van der Waals surface area contributed by atoms with Gasteiger partial charge in [0.2, 0.25) is 0 Å². The fraction of sp³-hybridized carbons (Fsp3) is 0.261. The summed E-state index contributed by atoms with van der Waals surface area (Å²) in [4.78, 5) is 18.9. The molecule has 0 atom stereocenters. The van der Waals surface area contributed by atoms with E-state index in [1.54, 1.807) is 0 Å². The van der Waals surface area contributed by atoms with Crippen LogP contribution in [-0.4, -0.2) is 61.3 Å². The molecule has 29 heavy (non-hydrogen) atoms. The van der Waals surface area contributed by atoms with E-state index in [1.807, 2.05) is 72.4 Å². The quantitative estimate of drug-likeness (QED) is 0.688. The normalized spacial score (nSPS) is 14.0. The van der Waals surface area contributed by atoms with E-state index in [0.29, 0.717) is 13.1 Å². The zero-order chi connectivity index (χ0) is 20.2. The zero-order valence-electron chi connectivity index (χ0n) is 16.8. The molecule has 1 fully saturated rings. The van der Waals surface area contributed by atoms with E-state index < -0.39 is 0 Å². The van der Waals surface area contributed by atoms with Crippen LogP contribution in [0.15, 0.2) is 66.7 Å². The van der Waals surface area contributed by atoms with Crippen LogP contribution < -0.4 is 9.80 Å². The van der Waals surface area contributed by atoms with Crippen molar-refractivity contribution in [2.75, 3.05) is 50.1 Å². The van der Waals surface area contributed by atoms with E-state index >= 15 is 0 Å². The van der Waals surface area contributed by atoms with Crippen LogP contribution in [0.5, 0.6) is 0 Å². The second-order valence-electron chi connectivity index (χ2n) is 7.34. The predicted octanol–water partition coefficient (Wildman–Crippen LogP) is 3.17. The minimum atomic E-state index is 0.0929. The summed E-state index contributed by atoms with van der Waals surface area (Å²) in [7, 11) is 3.93. The molecule has 148 valence electrons. The van der Waals surface area contributed by atoms with Crippen LogP contribution in [0.1, 0.15) is 10.4 Å². The predicted molar refractivity (Wildman–Crippen MR) is 116 cm³/mol. The molecule has 4 rings (SSSR count). The Morgan fingerprint density at radius 1 is 0.862 bits per heavy atom. The van der Waals surface area contributed by atoms with Gasteiger partial charge in [-0.3, -0.25) is 4.79 Å². The lowest BCUT2D eigenvalue weighted by atomic mass is 10.1. The van der Waals surface area contributed by atoms with E-state index in [-0.39, 0.29) is 5.91 Å². The van der Waals surface area contributed by atoms with Crippen molar-refractivity contribution in [2.45, 2.75) is 0 Å². The third-order valence-corrected chi connectivity index (χ3v) is 5.19. The van der Waals surface area contributed by atoms with Gasteiger partial charge < -0.3 is 14.7 Å². The number of rotatable bonds is 4. The minimum absolute atomic E-state index is 0.0929. The Morgan fingerprint density at radius 3 is 2.10 bits per heavy atom. The van der Waals surface area contributed by atoms with Crippen molar-refractivity contribution >= 4 is 17.4 Å². The van der Waals surface area contributed by atoms with E-state index in [1.165, 1.54) is 0 Å². The maximum Gasteiger partial charge on any atom is 0.253 e. The average Bonchev–Trinajstić information content (AvgIpc) is 2.79. The van der Waals surface area contributed by atoms with Gasteiger partial charge in [0, 0.05) is 57.5 Å². The summed E-state index contributed by atoms with van der Waals surface area (Å²) in [6.45, 7) is 2.89. The maximum absolute atomic E-state index is 12.8. The first-order valence-electron chi connectivity index (χ1n) is 9.83. The third kappa shape index (κ3) is 4.06. The Morgan fingerprint density at radius 2 is 1.48 bits per heavy atom. The molecule has 0 spiro atoms. The number of amides is 1. The Balaban J connectivity index is 1.57. The fourth-order valence-electron chi connectivity index (χ4n) is 3.55. The highest BCUT2D eigenvalue weighted by atomic mass is 16.2. The Bertz CT molecular complexity index is 967. The van der Waals surface area contributed by atoms with Crippen molar-refractivity contribution in [3.05, 3.63) is 72.3 Å². The van der Waals surface area contributed by atoms with Gasteiger partial charge in [0.05, 0.1) is 5.69 Å². The van der Waals surface area contributed by atoms with Crippen LogP contribution >= 0.6 is 0 Å². The van der Waals surface area contributed by atoms with Crippen molar-refractivity contribution in [1.82, 2.24) is 15.1 Å². The summed E-state index contributed by atoms with van der Waals surface area (Å²) < 4.78 is 0. The van der Waals surface area contributed by atoms with Crippen molar-refractivity contribution in [2.24, 2.45) is 0 Å². The molecule has 0 radical (unpaired) electrons. The second kappa shape index (κ2) is 8.31. The molecule has 6 heteroatoms. The summed E-state index contributed by atoms with van der Waals surface area (Å²) in [5.74, 6) is 0.915. The smallest absolute Gasteiger partial charge is 0.253 e. The van der Waals surface area contributed by atoms with Crippen LogP contribution in [-0.2, 0) is 0 Å². The van der Waals surface area contributed by atoms with Crippen LogP contribution in [0.3, 0.4) is 0 Å². The number of benzene rings is 2. The number of piperazine rings is 1. The third-order valence-electron chi connectivity index (χ3n) is 5.19. The molecule has 0 saturated carbocycles. The van der Waals surface area contributed by atoms with Gasteiger partial charge in [-0.1, -0.05) is 48.5 Å². The summed E-state index contributed by atoms with van der Waals surface area (Å²) in [5.41, 5.74) is 3.72. The maximum atomic E-state index is 12.8. The van der Waals surface area contributed by atoms with Gasteiger partial charge in [-0.2, -0.15) is 0 Å². The fourth-order valence-corrected chi connectivity index (χ4v) is 3.55. The monoisotopic (exact) mass is 387 g/mol. The molecular formula is C23H25N5O. The molecule has 2 heterocycles. The molecular weight excluding hydrogens is 362 g/mol. The zero-order valence-corrected chi connectivity index (χ0v) is 16.8. The summed E-state index contributed by atoms with van der Waals surface area (Å²) in [6, 6.07) is 21.7. The van der Waals surface area contributed by atoms with Crippen molar-refractivity contribution in [3.63, 3.8) is 0 Å². The number of carbonyl (C=O) groups is 1. The highest BCUT2D eigenvalue weighted by Gasteiger charge is 2.25.